The van der Waals surface area contributed by atoms with Gasteiger partial charge in [-0.2, -0.15) is 0 Å². The van der Waals surface area contributed by atoms with Gasteiger partial charge in [-0.15, -0.1) is 17.0 Å². The lowest BCUT2D eigenvalue weighted by Gasteiger charge is -2.42. The number of anilines is 1. The lowest BCUT2D eigenvalue weighted by atomic mass is 9.83. The number of piperidine rings is 1. The fourth-order valence-electron chi connectivity index (χ4n) is 5.11. The summed E-state index contributed by atoms with van der Waals surface area (Å²) in [7, 11) is 0. The van der Waals surface area contributed by atoms with Crippen LogP contribution in [0.4, 0.5) is 10.5 Å². The number of likely N-dealkylation sites (tertiary alicyclic amines) is 1. The van der Waals surface area contributed by atoms with Crippen molar-refractivity contribution in [1.29, 1.82) is 0 Å². The number of fused-ring (bicyclic) bond motifs is 5. The number of aromatic nitrogens is 1. The second-order valence-electron chi connectivity index (χ2n) is 8.60. The molecule has 1 saturated heterocycles. The number of benzene rings is 2. The maximum absolute atomic E-state index is 12.3. The minimum atomic E-state index is -0.417. The Balaban J connectivity index is 0.00000245. The van der Waals surface area contributed by atoms with Gasteiger partial charge in [0.25, 0.3) is 5.56 Å². The maximum Gasteiger partial charge on any atom is 0.411 e. The molecule has 2 aliphatic rings. The quantitative estimate of drug-likeness (QED) is 0.521. The van der Waals surface area contributed by atoms with Crippen LogP contribution in [0.15, 0.2) is 65.5 Å². The molecule has 2 aliphatic heterocycles. The summed E-state index contributed by atoms with van der Waals surface area (Å²) in [6.07, 6.45) is 1.54. The fourth-order valence-corrected chi connectivity index (χ4v) is 5.11. The van der Waals surface area contributed by atoms with Crippen molar-refractivity contribution in [2.24, 2.45) is 5.92 Å². The Labute approximate surface area is 197 Å². The standard InChI is InChI=1S/C25H27N3O3.BrH/c29-24-11-4-10-23-20-14-18(16-28(23)24)15-27(17-20)12-5-13-31-25(30)26-22-9-3-7-19-6-1-2-8-21(19)22;/h1-4,6-11,18,20H,5,12-17H2,(H,26,30);1H/t18-,20+;/m0./s1. The number of amides is 1. The van der Waals surface area contributed by atoms with Crippen molar-refractivity contribution in [3.05, 3.63) is 76.7 Å². The van der Waals surface area contributed by atoms with Gasteiger partial charge in [0, 0.05) is 49.2 Å². The number of nitrogens with zero attached hydrogens (tertiary/aromatic N) is 2. The molecule has 1 amide bonds. The van der Waals surface area contributed by atoms with E-state index in [4.69, 9.17) is 4.74 Å². The van der Waals surface area contributed by atoms with Gasteiger partial charge in [0.05, 0.1) is 12.3 Å². The second kappa shape index (κ2) is 9.88. The zero-order valence-electron chi connectivity index (χ0n) is 17.9. The predicted molar refractivity (Wildman–Crippen MR) is 132 cm³/mol. The molecule has 168 valence electrons. The summed E-state index contributed by atoms with van der Waals surface area (Å²) < 4.78 is 7.39. The summed E-state index contributed by atoms with van der Waals surface area (Å²) in [5.74, 6) is 0.930. The van der Waals surface area contributed by atoms with Crippen molar-refractivity contribution in [2.75, 3.05) is 31.6 Å². The third-order valence-corrected chi connectivity index (χ3v) is 6.43. The normalized spacial score (nSPS) is 19.6. The van der Waals surface area contributed by atoms with E-state index in [9.17, 15) is 9.59 Å². The molecule has 6 nitrogen and oxygen atoms in total. The minimum absolute atomic E-state index is 0. The van der Waals surface area contributed by atoms with E-state index in [0.29, 0.717) is 18.4 Å². The number of carbonyl (C=O) groups excluding carboxylic acids is 1. The third kappa shape index (κ3) is 4.74. The molecule has 0 saturated carbocycles. The number of carbonyl (C=O) groups is 1. The number of nitrogens with one attached hydrogen (secondary N) is 1. The number of hydrogen-bond acceptors (Lipinski definition) is 4. The molecule has 0 unspecified atom stereocenters. The highest BCUT2D eigenvalue weighted by Crippen LogP contribution is 2.34. The third-order valence-electron chi connectivity index (χ3n) is 6.43. The first-order valence-corrected chi connectivity index (χ1v) is 11.0. The van der Waals surface area contributed by atoms with Crippen molar-refractivity contribution in [3.63, 3.8) is 0 Å². The van der Waals surface area contributed by atoms with Crippen LogP contribution in [0.5, 0.6) is 0 Å². The molecule has 2 aromatic carbocycles. The zero-order chi connectivity index (χ0) is 21.2. The summed E-state index contributed by atoms with van der Waals surface area (Å²) >= 11 is 0. The first kappa shape index (κ1) is 22.6. The van der Waals surface area contributed by atoms with Crippen molar-refractivity contribution < 1.29 is 9.53 Å². The minimum Gasteiger partial charge on any atom is -0.449 e. The monoisotopic (exact) mass is 497 g/mol. The van der Waals surface area contributed by atoms with E-state index in [0.717, 1.165) is 55.5 Å². The Kier molecular flexibility index (Phi) is 6.96. The van der Waals surface area contributed by atoms with E-state index >= 15 is 0 Å². The Bertz CT molecular complexity index is 1160. The molecular weight excluding hydrogens is 470 g/mol. The molecule has 7 heteroatoms. The highest BCUT2D eigenvalue weighted by Gasteiger charge is 2.34. The van der Waals surface area contributed by atoms with E-state index in [-0.39, 0.29) is 22.5 Å². The number of ether oxygens (including phenoxy) is 1. The zero-order valence-corrected chi connectivity index (χ0v) is 19.6. The van der Waals surface area contributed by atoms with Gasteiger partial charge in [0.1, 0.15) is 0 Å². The molecule has 1 aromatic heterocycles. The largest absolute Gasteiger partial charge is 0.449 e. The van der Waals surface area contributed by atoms with Crippen molar-refractivity contribution in [1.82, 2.24) is 9.47 Å². The molecule has 1 N–H and O–H groups in total. The summed E-state index contributed by atoms with van der Waals surface area (Å²) in [6.45, 7) is 4.05. The topological polar surface area (TPSA) is 63.6 Å². The second-order valence-corrected chi connectivity index (χ2v) is 8.60. The molecule has 0 spiro atoms. The van der Waals surface area contributed by atoms with Gasteiger partial charge in [-0.3, -0.25) is 10.1 Å². The van der Waals surface area contributed by atoms with Gasteiger partial charge in [-0.25, -0.2) is 4.79 Å². The smallest absolute Gasteiger partial charge is 0.411 e. The Hall–Kier alpha value is -2.64. The average Bonchev–Trinajstić information content (AvgIpc) is 2.78. The fraction of sp³-hybridized carbons (Fsp3) is 0.360. The number of halogens is 1. The van der Waals surface area contributed by atoms with Gasteiger partial charge in [0.15, 0.2) is 0 Å². The van der Waals surface area contributed by atoms with Crippen LogP contribution < -0.4 is 10.9 Å². The van der Waals surface area contributed by atoms with Gasteiger partial charge in [-0.1, -0.05) is 42.5 Å². The Morgan fingerprint density at radius 1 is 1.00 bits per heavy atom. The molecule has 3 heterocycles. The predicted octanol–water partition coefficient (Wildman–Crippen LogP) is 4.64. The number of pyridine rings is 1. The summed E-state index contributed by atoms with van der Waals surface area (Å²) in [6, 6.07) is 19.4. The number of rotatable bonds is 5. The van der Waals surface area contributed by atoms with Crippen LogP contribution in [0.3, 0.4) is 0 Å². The highest BCUT2D eigenvalue weighted by atomic mass is 79.9. The van der Waals surface area contributed by atoms with Gasteiger partial charge in [-0.05, 0) is 36.3 Å². The average molecular weight is 498 g/mol. The molecule has 5 rings (SSSR count). The van der Waals surface area contributed by atoms with Crippen molar-refractivity contribution in [3.8, 4) is 0 Å². The molecule has 3 aromatic rings. The van der Waals surface area contributed by atoms with Gasteiger partial charge >= 0.3 is 6.09 Å². The molecule has 2 atom stereocenters. The first-order valence-electron chi connectivity index (χ1n) is 11.0. The van der Waals surface area contributed by atoms with E-state index in [1.54, 1.807) is 6.07 Å². The van der Waals surface area contributed by atoms with Gasteiger partial charge in [0.2, 0.25) is 0 Å². The Morgan fingerprint density at radius 2 is 1.81 bits per heavy atom. The Morgan fingerprint density at radius 3 is 2.72 bits per heavy atom. The van der Waals surface area contributed by atoms with Crippen molar-refractivity contribution in [2.45, 2.75) is 25.3 Å². The van der Waals surface area contributed by atoms with E-state index in [1.165, 1.54) is 5.69 Å². The van der Waals surface area contributed by atoms with Crippen LogP contribution in [0.2, 0.25) is 0 Å². The molecule has 2 bridgehead atoms. The van der Waals surface area contributed by atoms with E-state index < -0.39 is 6.09 Å². The maximum atomic E-state index is 12.3. The lowest BCUT2D eigenvalue weighted by molar-refractivity contribution is 0.107. The van der Waals surface area contributed by atoms with Crippen molar-refractivity contribution >= 4 is 39.5 Å². The van der Waals surface area contributed by atoms with E-state index in [2.05, 4.69) is 16.3 Å². The highest BCUT2D eigenvalue weighted by molar-refractivity contribution is 8.93. The summed E-state index contributed by atoms with van der Waals surface area (Å²) in [5, 5.41) is 4.95. The molecule has 0 radical (unpaired) electrons. The molecular formula is C25H28BrN3O3. The summed E-state index contributed by atoms with van der Waals surface area (Å²) in [4.78, 5) is 26.9. The summed E-state index contributed by atoms with van der Waals surface area (Å²) in [5.41, 5.74) is 2.05. The first-order chi connectivity index (χ1) is 15.2. The van der Waals surface area contributed by atoms with Crippen LogP contribution in [0, 0.1) is 5.92 Å². The van der Waals surface area contributed by atoms with Crippen LogP contribution in [-0.2, 0) is 11.3 Å². The lowest BCUT2D eigenvalue weighted by Crippen LogP contribution is -2.47. The van der Waals surface area contributed by atoms with E-state index in [1.807, 2.05) is 53.1 Å². The van der Waals surface area contributed by atoms with Crippen LogP contribution in [-0.4, -0.2) is 41.8 Å². The van der Waals surface area contributed by atoms with Crippen LogP contribution in [0.25, 0.3) is 10.8 Å². The van der Waals surface area contributed by atoms with Crippen LogP contribution >= 0.6 is 17.0 Å². The van der Waals surface area contributed by atoms with Crippen LogP contribution in [0.1, 0.15) is 24.5 Å². The van der Waals surface area contributed by atoms with Gasteiger partial charge < -0.3 is 14.2 Å². The molecule has 1 fully saturated rings. The molecule has 0 aliphatic carbocycles. The molecule has 32 heavy (non-hydrogen) atoms. The SMILES string of the molecule is Br.O=C(Nc1cccc2ccccc12)OCCCN1C[C@@H]2C[C@H](C1)c1cccc(=O)n1C2. The number of hydrogen-bond donors (Lipinski definition) is 1.